The third-order valence-corrected chi connectivity index (χ3v) is 7.84. The number of furan rings is 1. The summed E-state index contributed by atoms with van der Waals surface area (Å²) >= 11 is 6.28. The van der Waals surface area contributed by atoms with Crippen molar-refractivity contribution >= 4 is 17.6 Å². The number of rotatable bonds is 8. The number of halogens is 1. The first-order chi connectivity index (χ1) is 21.8. The molecule has 0 fully saturated rings. The minimum atomic E-state index is -0.881. The van der Waals surface area contributed by atoms with Crippen molar-refractivity contribution < 1.29 is 13.9 Å². The summed E-state index contributed by atoms with van der Waals surface area (Å²) in [5.74, 6) is 1.46. The molecule has 45 heavy (non-hydrogen) atoms. The minimum Gasteiger partial charge on any atom is -0.460 e. The van der Waals surface area contributed by atoms with Crippen molar-refractivity contribution in [3.8, 4) is 35.0 Å². The Balaban J connectivity index is 1.52. The molecule has 0 amide bonds. The van der Waals surface area contributed by atoms with E-state index in [1.54, 1.807) is 44.2 Å². The smallest absolute Gasteiger partial charge is 0.340 e. The number of nitrogens with one attached hydrogen (secondary N) is 2. The summed E-state index contributed by atoms with van der Waals surface area (Å²) in [7, 11) is 0. The molecule has 3 aromatic carbocycles. The molecule has 0 unspecified atom stereocenters. The second-order valence-corrected chi connectivity index (χ2v) is 10.8. The van der Waals surface area contributed by atoms with Crippen LogP contribution in [0, 0.1) is 26.2 Å². The summed E-state index contributed by atoms with van der Waals surface area (Å²) in [4.78, 5) is 40.7. The zero-order valence-electron chi connectivity index (χ0n) is 24.3. The summed E-state index contributed by atoms with van der Waals surface area (Å²) in [6.07, 6.45) is 5.23. The van der Waals surface area contributed by atoms with Gasteiger partial charge in [0.15, 0.2) is 6.61 Å². The molecule has 0 atom stereocenters. The molecule has 0 aliphatic rings. The fourth-order valence-corrected chi connectivity index (χ4v) is 5.62. The van der Waals surface area contributed by atoms with Crippen LogP contribution in [0.5, 0.6) is 0 Å². The van der Waals surface area contributed by atoms with Crippen LogP contribution >= 0.6 is 11.6 Å². The van der Waals surface area contributed by atoms with E-state index in [4.69, 9.17) is 27.2 Å². The lowest BCUT2D eigenvalue weighted by molar-refractivity contribution is 0.0557. The van der Waals surface area contributed by atoms with Gasteiger partial charge in [0.1, 0.15) is 11.5 Å². The van der Waals surface area contributed by atoms with Crippen LogP contribution in [0.15, 0.2) is 105 Å². The molecule has 0 bridgehead atoms. The van der Waals surface area contributed by atoms with E-state index in [1.807, 2.05) is 60.7 Å². The molecule has 10 heteroatoms. The number of carbonyl (C=O) groups is 1. The number of H-pyrrole nitrogens is 2. The molecule has 224 valence electrons. The van der Waals surface area contributed by atoms with Crippen LogP contribution in [-0.4, -0.2) is 32.1 Å². The van der Waals surface area contributed by atoms with E-state index >= 15 is 0 Å². The summed E-state index contributed by atoms with van der Waals surface area (Å²) < 4.78 is 14.4. The van der Waals surface area contributed by atoms with E-state index in [9.17, 15) is 14.4 Å². The highest BCUT2D eigenvalue weighted by Gasteiger charge is 2.33. The van der Waals surface area contributed by atoms with Gasteiger partial charge in [0, 0.05) is 17.0 Å². The molecule has 0 spiro atoms. The number of terminal acetylenes is 1. The van der Waals surface area contributed by atoms with Gasteiger partial charge in [-0.1, -0.05) is 53.9 Å². The van der Waals surface area contributed by atoms with Gasteiger partial charge in [0.2, 0.25) is 0 Å². The van der Waals surface area contributed by atoms with E-state index in [0.29, 0.717) is 51.0 Å². The van der Waals surface area contributed by atoms with E-state index < -0.39 is 11.9 Å². The molecular formula is C35H27ClN4O5. The molecule has 3 heterocycles. The number of carbonyl (C=O) groups excluding carboxylic acids is 1. The summed E-state index contributed by atoms with van der Waals surface area (Å²) in [5.41, 5.74) is 3.17. The Labute approximate surface area is 262 Å². The fourth-order valence-electron chi connectivity index (χ4n) is 5.43. The Morgan fingerprint density at radius 3 is 1.96 bits per heavy atom. The number of esters is 1. The van der Waals surface area contributed by atoms with Crippen molar-refractivity contribution in [3.63, 3.8) is 0 Å². The van der Waals surface area contributed by atoms with Crippen LogP contribution < -0.4 is 11.1 Å². The number of aromatic amines is 2. The molecular weight excluding hydrogens is 592 g/mol. The Bertz CT molecular complexity index is 2080. The van der Waals surface area contributed by atoms with Crippen LogP contribution in [0.1, 0.15) is 44.6 Å². The van der Waals surface area contributed by atoms with E-state index in [-0.39, 0.29) is 28.3 Å². The summed E-state index contributed by atoms with van der Waals surface area (Å²) in [6, 6.07) is 26.6. The van der Waals surface area contributed by atoms with Crippen LogP contribution in [-0.2, 0) is 4.74 Å². The van der Waals surface area contributed by atoms with Gasteiger partial charge in [-0.3, -0.25) is 19.8 Å². The molecule has 2 N–H and O–H groups in total. The summed E-state index contributed by atoms with van der Waals surface area (Å²) in [6.45, 7) is 3.38. The first kappa shape index (κ1) is 29.4. The SMILES string of the molecule is C#CCOC(=O)c1cc(-c2ccc(C(c3c(C)[nH]n(-c4ccccc4)c3=O)c3c(C)[nH]n(-c4ccccc4)c3=O)o2)ccc1Cl. The molecule has 0 aliphatic heterocycles. The minimum absolute atomic E-state index is 0.123. The highest BCUT2D eigenvalue weighted by molar-refractivity contribution is 6.33. The zero-order valence-corrected chi connectivity index (χ0v) is 25.1. The first-order valence-electron chi connectivity index (χ1n) is 14.0. The van der Waals surface area contributed by atoms with Gasteiger partial charge in [-0.25, -0.2) is 14.2 Å². The number of aryl methyl sites for hydroxylation is 2. The van der Waals surface area contributed by atoms with Crippen molar-refractivity contribution in [1.29, 1.82) is 0 Å². The molecule has 6 aromatic rings. The van der Waals surface area contributed by atoms with Gasteiger partial charge in [-0.2, -0.15) is 0 Å². The van der Waals surface area contributed by atoms with Crippen LogP contribution in [0.3, 0.4) is 0 Å². The molecule has 0 radical (unpaired) electrons. The van der Waals surface area contributed by atoms with Gasteiger partial charge in [0.25, 0.3) is 11.1 Å². The number of benzene rings is 3. The van der Waals surface area contributed by atoms with Crippen molar-refractivity contribution in [2.45, 2.75) is 19.8 Å². The van der Waals surface area contributed by atoms with Gasteiger partial charge >= 0.3 is 5.97 Å². The molecule has 9 nitrogen and oxygen atoms in total. The zero-order chi connectivity index (χ0) is 31.7. The largest absolute Gasteiger partial charge is 0.460 e. The van der Waals surface area contributed by atoms with Crippen molar-refractivity contribution in [2.24, 2.45) is 0 Å². The topological polar surface area (TPSA) is 115 Å². The maximum Gasteiger partial charge on any atom is 0.340 e. The van der Waals surface area contributed by atoms with Gasteiger partial charge in [-0.05, 0) is 68.4 Å². The van der Waals surface area contributed by atoms with Gasteiger partial charge in [-0.15, -0.1) is 6.42 Å². The molecule has 0 saturated carbocycles. The normalized spacial score (nSPS) is 11.1. The quantitative estimate of drug-likeness (QED) is 0.157. The third kappa shape index (κ3) is 5.44. The van der Waals surface area contributed by atoms with E-state index in [1.165, 1.54) is 9.36 Å². The van der Waals surface area contributed by atoms with Crippen LogP contribution in [0.25, 0.3) is 22.7 Å². The average Bonchev–Trinajstić information content (AvgIpc) is 3.74. The molecule has 0 saturated heterocycles. The van der Waals surface area contributed by atoms with Crippen LogP contribution in [0.2, 0.25) is 5.02 Å². The highest BCUT2D eigenvalue weighted by atomic mass is 35.5. The molecule has 3 aromatic heterocycles. The standard InChI is InChI=1S/C35H27ClN4O5/c1-4-19-44-35(43)26-20-23(15-16-27(26)36)28-17-18-29(45-28)32(30-21(2)37-39(33(30)41)24-11-7-5-8-12-24)31-22(3)38-40(34(31)42)25-13-9-6-10-14-25/h1,5-18,20,32,37-38H,19H2,2-3H3. The highest BCUT2D eigenvalue weighted by Crippen LogP contribution is 2.36. The molecule has 6 rings (SSSR count). The van der Waals surface area contributed by atoms with Gasteiger partial charge in [0.05, 0.1) is 39.0 Å². The number of hydrogen-bond donors (Lipinski definition) is 2. The second-order valence-electron chi connectivity index (χ2n) is 10.4. The number of hydrogen-bond acceptors (Lipinski definition) is 5. The third-order valence-electron chi connectivity index (χ3n) is 7.51. The summed E-state index contributed by atoms with van der Waals surface area (Å²) in [5, 5.41) is 6.54. The van der Waals surface area contributed by atoms with E-state index in [0.717, 1.165) is 0 Å². The van der Waals surface area contributed by atoms with Crippen LogP contribution in [0.4, 0.5) is 0 Å². The number of aromatic nitrogens is 4. The lowest BCUT2D eigenvalue weighted by atomic mass is 9.89. The Morgan fingerprint density at radius 1 is 0.867 bits per heavy atom. The Hall–Kier alpha value is -5.72. The first-order valence-corrected chi connectivity index (χ1v) is 14.4. The lowest BCUT2D eigenvalue weighted by Gasteiger charge is -2.13. The monoisotopic (exact) mass is 618 g/mol. The van der Waals surface area contributed by atoms with Crippen molar-refractivity contribution in [1.82, 2.24) is 19.6 Å². The maximum atomic E-state index is 14.1. The van der Waals surface area contributed by atoms with Crippen molar-refractivity contribution in [3.05, 3.63) is 151 Å². The molecule has 0 aliphatic carbocycles. The van der Waals surface area contributed by atoms with E-state index in [2.05, 4.69) is 16.1 Å². The number of nitrogens with zero attached hydrogens (tertiary/aromatic N) is 2. The number of ether oxygens (including phenoxy) is 1. The van der Waals surface area contributed by atoms with Gasteiger partial charge < -0.3 is 9.15 Å². The predicted molar refractivity (Wildman–Crippen MR) is 171 cm³/mol. The predicted octanol–water partition coefficient (Wildman–Crippen LogP) is 6.15. The fraction of sp³-hybridized carbons (Fsp3) is 0.114. The Morgan fingerprint density at radius 2 is 1.42 bits per heavy atom. The number of para-hydroxylation sites is 2. The average molecular weight is 619 g/mol. The second kappa shape index (κ2) is 12.1. The Kier molecular flexibility index (Phi) is 7.90. The van der Waals surface area contributed by atoms with Crippen molar-refractivity contribution in [2.75, 3.05) is 6.61 Å². The maximum absolute atomic E-state index is 14.1. The lowest BCUT2D eigenvalue weighted by Crippen LogP contribution is -2.25.